The largest absolute Gasteiger partial charge is 0.481 e. The molecule has 1 rings (SSSR count). The highest BCUT2D eigenvalue weighted by Crippen LogP contribution is 2.19. The van der Waals surface area contributed by atoms with E-state index < -0.39 is 27.3 Å². The molecule has 0 bridgehead atoms. The van der Waals surface area contributed by atoms with Crippen molar-refractivity contribution in [3.05, 3.63) is 17.5 Å². The molecule has 0 radical (unpaired) electrons. The number of thiophene rings is 1. The Bertz CT molecular complexity index is 593. The zero-order valence-electron chi connectivity index (χ0n) is 11.8. The van der Waals surface area contributed by atoms with Gasteiger partial charge in [-0.15, -0.1) is 11.3 Å². The maximum Gasteiger partial charge on any atom is 0.309 e. The van der Waals surface area contributed by atoms with Crippen LogP contribution < -0.4 is 10.0 Å². The summed E-state index contributed by atoms with van der Waals surface area (Å²) in [6, 6.07) is 3.05. The lowest BCUT2D eigenvalue weighted by Crippen LogP contribution is -2.38. The summed E-state index contributed by atoms with van der Waals surface area (Å²) >= 11 is 1.06. The molecule has 0 fully saturated rings. The van der Waals surface area contributed by atoms with Crippen LogP contribution in [0.1, 0.15) is 20.3 Å². The summed E-state index contributed by atoms with van der Waals surface area (Å²) < 4.78 is 25.9. The van der Waals surface area contributed by atoms with Crippen LogP contribution in [0.15, 0.2) is 21.7 Å². The first kappa shape index (κ1) is 17.6. The number of hydrogen-bond donors (Lipinski definition) is 3. The van der Waals surface area contributed by atoms with Gasteiger partial charge in [0.1, 0.15) is 4.21 Å². The molecule has 1 aromatic heterocycles. The van der Waals surface area contributed by atoms with Crippen LogP contribution in [-0.2, 0) is 19.6 Å². The van der Waals surface area contributed by atoms with E-state index in [1.54, 1.807) is 25.3 Å². The maximum atomic E-state index is 11.8. The monoisotopic (exact) mass is 334 g/mol. The summed E-state index contributed by atoms with van der Waals surface area (Å²) in [6.45, 7) is 2.90. The van der Waals surface area contributed by atoms with Gasteiger partial charge in [0.25, 0.3) is 10.0 Å². The van der Waals surface area contributed by atoms with E-state index in [9.17, 15) is 18.0 Å². The maximum absolute atomic E-state index is 11.8. The van der Waals surface area contributed by atoms with E-state index in [-0.39, 0.29) is 23.7 Å². The average Bonchev–Trinajstić information content (AvgIpc) is 2.90. The highest BCUT2D eigenvalue weighted by Gasteiger charge is 2.26. The third-order valence-corrected chi connectivity index (χ3v) is 5.63. The van der Waals surface area contributed by atoms with Gasteiger partial charge in [0, 0.05) is 6.54 Å². The first-order chi connectivity index (χ1) is 9.65. The minimum absolute atomic E-state index is 0.141. The molecule has 0 aliphatic carbocycles. The summed E-state index contributed by atoms with van der Waals surface area (Å²) in [7, 11) is -3.67. The highest BCUT2D eigenvalue weighted by atomic mass is 32.2. The second-order valence-electron chi connectivity index (χ2n) is 5.05. The number of amides is 1. The molecule has 21 heavy (non-hydrogen) atoms. The lowest BCUT2D eigenvalue weighted by atomic mass is 9.90. The van der Waals surface area contributed by atoms with Gasteiger partial charge in [-0.2, -0.15) is 0 Å². The standard InChI is InChI=1S/C12H18N2O5S2/c1-12(2,11(16)17)5-6-13-9(15)8-14-21(18,19)10-4-3-7-20-10/h3-4,7,14H,5-6,8H2,1-2H3,(H,13,15)(H,16,17). The third kappa shape index (κ3) is 5.44. The fourth-order valence-electron chi connectivity index (χ4n) is 1.33. The summed E-state index contributed by atoms with van der Waals surface area (Å²) in [5.41, 5.74) is -0.941. The van der Waals surface area contributed by atoms with Gasteiger partial charge < -0.3 is 10.4 Å². The van der Waals surface area contributed by atoms with Crippen molar-refractivity contribution in [2.24, 2.45) is 5.41 Å². The number of hydrogen-bond acceptors (Lipinski definition) is 5. The van der Waals surface area contributed by atoms with Crippen LogP contribution in [0.5, 0.6) is 0 Å². The average molecular weight is 334 g/mol. The number of rotatable bonds is 8. The molecule has 0 atom stereocenters. The zero-order chi connectivity index (χ0) is 16.1. The summed E-state index contributed by atoms with van der Waals surface area (Å²) in [5.74, 6) is -1.45. The first-order valence-corrected chi connectivity index (χ1v) is 8.55. The fourth-order valence-corrected chi connectivity index (χ4v) is 3.35. The Morgan fingerprint density at radius 1 is 1.38 bits per heavy atom. The molecule has 1 amide bonds. The van der Waals surface area contributed by atoms with Crippen molar-refractivity contribution in [2.45, 2.75) is 24.5 Å². The molecule has 0 aliphatic rings. The van der Waals surface area contributed by atoms with Gasteiger partial charge in [-0.25, -0.2) is 13.1 Å². The smallest absolute Gasteiger partial charge is 0.309 e. The number of nitrogens with one attached hydrogen (secondary N) is 2. The van der Waals surface area contributed by atoms with E-state index in [4.69, 9.17) is 5.11 Å². The number of sulfonamides is 1. The molecule has 0 saturated carbocycles. The van der Waals surface area contributed by atoms with Gasteiger partial charge in [-0.3, -0.25) is 9.59 Å². The molecule has 7 nitrogen and oxygen atoms in total. The predicted molar refractivity (Wildman–Crippen MR) is 78.6 cm³/mol. The Labute approximate surface area is 127 Å². The number of carboxylic acid groups (broad SMARTS) is 1. The number of carbonyl (C=O) groups excluding carboxylic acids is 1. The Morgan fingerprint density at radius 3 is 2.57 bits per heavy atom. The lowest BCUT2D eigenvalue weighted by molar-refractivity contribution is -0.147. The van der Waals surface area contributed by atoms with Crippen LogP contribution >= 0.6 is 11.3 Å². The zero-order valence-corrected chi connectivity index (χ0v) is 13.4. The van der Waals surface area contributed by atoms with Crippen LogP contribution in [-0.4, -0.2) is 38.5 Å². The van der Waals surface area contributed by atoms with Crippen LogP contribution in [0, 0.1) is 5.41 Å². The molecular weight excluding hydrogens is 316 g/mol. The Morgan fingerprint density at radius 2 is 2.05 bits per heavy atom. The van der Waals surface area contributed by atoms with Crippen molar-refractivity contribution in [3.8, 4) is 0 Å². The second-order valence-corrected chi connectivity index (χ2v) is 7.99. The molecule has 0 aliphatic heterocycles. The van der Waals surface area contributed by atoms with Crippen LogP contribution in [0.25, 0.3) is 0 Å². The second kappa shape index (κ2) is 7.01. The van der Waals surface area contributed by atoms with Gasteiger partial charge >= 0.3 is 5.97 Å². The van der Waals surface area contributed by atoms with Gasteiger partial charge in [0.2, 0.25) is 5.91 Å². The number of aliphatic carboxylic acids is 1. The topological polar surface area (TPSA) is 113 Å². The van der Waals surface area contributed by atoms with E-state index >= 15 is 0 Å². The Hall–Kier alpha value is -1.45. The normalized spacial score (nSPS) is 12.1. The van der Waals surface area contributed by atoms with Gasteiger partial charge in [-0.1, -0.05) is 6.07 Å². The SMILES string of the molecule is CC(C)(CCNC(=O)CNS(=O)(=O)c1cccs1)C(=O)O. The van der Waals surface area contributed by atoms with Crippen molar-refractivity contribution < 1.29 is 23.1 Å². The van der Waals surface area contributed by atoms with Crippen molar-refractivity contribution in [1.82, 2.24) is 10.0 Å². The van der Waals surface area contributed by atoms with Crippen molar-refractivity contribution in [1.29, 1.82) is 0 Å². The molecule has 1 heterocycles. The van der Waals surface area contributed by atoms with Crippen LogP contribution in [0.4, 0.5) is 0 Å². The molecule has 9 heteroatoms. The fraction of sp³-hybridized carbons (Fsp3) is 0.500. The van der Waals surface area contributed by atoms with Gasteiger partial charge in [-0.05, 0) is 31.7 Å². The molecule has 1 aromatic rings. The first-order valence-electron chi connectivity index (χ1n) is 6.18. The quantitative estimate of drug-likeness (QED) is 0.646. The molecular formula is C12H18N2O5S2. The van der Waals surface area contributed by atoms with Gasteiger partial charge in [0.15, 0.2) is 0 Å². The molecule has 0 unspecified atom stereocenters. The molecule has 0 aromatic carbocycles. The summed E-state index contributed by atoms with van der Waals surface area (Å²) in [5, 5.41) is 13.0. The highest BCUT2D eigenvalue weighted by molar-refractivity contribution is 7.91. The third-order valence-electron chi connectivity index (χ3n) is 2.83. The summed E-state index contributed by atoms with van der Waals surface area (Å²) in [4.78, 5) is 22.4. The molecule has 0 saturated heterocycles. The van der Waals surface area contributed by atoms with Crippen LogP contribution in [0.3, 0.4) is 0 Å². The van der Waals surface area contributed by atoms with E-state index in [0.717, 1.165) is 11.3 Å². The number of carboxylic acids is 1. The Kier molecular flexibility index (Phi) is 5.87. The van der Waals surface area contributed by atoms with Crippen molar-refractivity contribution in [3.63, 3.8) is 0 Å². The number of carbonyl (C=O) groups is 2. The predicted octanol–water partition coefficient (Wildman–Crippen LogP) is 0.643. The molecule has 0 spiro atoms. The lowest BCUT2D eigenvalue weighted by Gasteiger charge is -2.18. The van der Waals surface area contributed by atoms with Crippen molar-refractivity contribution in [2.75, 3.05) is 13.1 Å². The van der Waals surface area contributed by atoms with E-state index in [2.05, 4.69) is 10.0 Å². The minimum Gasteiger partial charge on any atom is -0.481 e. The molecule has 118 valence electrons. The molecule has 3 N–H and O–H groups in total. The minimum atomic E-state index is -3.67. The Balaban J connectivity index is 2.37. The van der Waals surface area contributed by atoms with E-state index in [1.165, 1.54) is 6.07 Å². The van der Waals surface area contributed by atoms with E-state index in [0.29, 0.717) is 0 Å². The van der Waals surface area contributed by atoms with Gasteiger partial charge in [0.05, 0.1) is 12.0 Å². The van der Waals surface area contributed by atoms with Crippen molar-refractivity contribution >= 4 is 33.2 Å². The van der Waals surface area contributed by atoms with E-state index in [1.807, 2.05) is 0 Å². The summed E-state index contributed by atoms with van der Waals surface area (Å²) in [6.07, 6.45) is 0.256. The van der Waals surface area contributed by atoms with Crippen LogP contribution in [0.2, 0.25) is 0 Å².